The minimum absolute atomic E-state index is 0.634. The molecule has 1 saturated carbocycles. The zero-order chi connectivity index (χ0) is 9.97. The van der Waals surface area contributed by atoms with Gasteiger partial charge in [0, 0.05) is 18.8 Å². The molecule has 0 radical (unpaired) electrons. The van der Waals surface area contributed by atoms with Crippen LogP contribution in [-0.2, 0) is 6.54 Å². The number of anilines is 1. The third-order valence-corrected chi connectivity index (χ3v) is 3.16. The Morgan fingerprint density at radius 1 is 1.57 bits per heavy atom. The first kappa shape index (κ1) is 10.0. The van der Waals surface area contributed by atoms with E-state index in [4.69, 9.17) is 0 Å². The van der Waals surface area contributed by atoms with E-state index in [9.17, 15) is 0 Å². The van der Waals surface area contributed by atoms with Crippen LogP contribution in [0, 0.1) is 0 Å². The topological polar surface area (TPSA) is 29.9 Å². The van der Waals surface area contributed by atoms with Crippen molar-refractivity contribution >= 4 is 21.9 Å². The molecule has 0 bridgehead atoms. The van der Waals surface area contributed by atoms with Crippen LogP contribution in [0.2, 0.25) is 0 Å². The molecule has 1 fully saturated rings. The average molecular weight is 258 g/mol. The highest BCUT2D eigenvalue weighted by atomic mass is 79.9. The van der Waals surface area contributed by atoms with Crippen molar-refractivity contribution in [3.8, 4) is 0 Å². The maximum absolute atomic E-state index is 4.41. The van der Waals surface area contributed by atoms with Gasteiger partial charge in [-0.2, -0.15) is 0 Å². The van der Waals surface area contributed by atoms with Crippen LogP contribution in [0.1, 0.15) is 32.6 Å². The fourth-order valence-corrected chi connectivity index (χ4v) is 2.41. The predicted molar refractivity (Wildman–Crippen MR) is 61.5 cm³/mol. The first-order valence-electron chi connectivity index (χ1n) is 5.29. The maximum atomic E-state index is 4.41. The van der Waals surface area contributed by atoms with Crippen LogP contribution in [0.25, 0.3) is 0 Å². The molecule has 2 rings (SSSR count). The lowest BCUT2D eigenvalue weighted by Crippen LogP contribution is -2.17. The Morgan fingerprint density at radius 2 is 2.29 bits per heavy atom. The molecule has 1 aliphatic carbocycles. The molecule has 1 N–H and O–H groups in total. The number of nitrogens with one attached hydrogen (secondary N) is 1. The third kappa shape index (κ3) is 2.11. The summed E-state index contributed by atoms with van der Waals surface area (Å²) in [6, 6.07) is 0.634. The lowest BCUT2D eigenvalue weighted by molar-refractivity contribution is 0.706. The van der Waals surface area contributed by atoms with Gasteiger partial charge in [0.25, 0.3) is 0 Å². The molecule has 1 heterocycles. The van der Waals surface area contributed by atoms with Crippen molar-refractivity contribution in [1.29, 1.82) is 0 Å². The summed E-state index contributed by atoms with van der Waals surface area (Å²) < 4.78 is 3.06. The standard InChI is InChI=1S/C10H16BrN3/c1-2-14-7-9(11)13-10(14)12-8-5-3-4-6-8/h7-8H,2-6H2,1H3,(H,12,13). The van der Waals surface area contributed by atoms with E-state index in [1.54, 1.807) is 0 Å². The molecule has 14 heavy (non-hydrogen) atoms. The van der Waals surface area contributed by atoms with Crippen LogP contribution < -0.4 is 5.32 Å². The SMILES string of the molecule is CCn1cc(Br)nc1NC1CCCC1. The van der Waals surface area contributed by atoms with Crippen molar-refractivity contribution < 1.29 is 0 Å². The summed E-state index contributed by atoms with van der Waals surface area (Å²) in [6.45, 7) is 3.10. The molecule has 0 aromatic carbocycles. The molecule has 1 aromatic rings. The molecule has 3 nitrogen and oxygen atoms in total. The van der Waals surface area contributed by atoms with Crippen molar-refractivity contribution in [2.75, 3.05) is 5.32 Å². The van der Waals surface area contributed by atoms with E-state index in [0.717, 1.165) is 17.1 Å². The third-order valence-electron chi connectivity index (χ3n) is 2.78. The van der Waals surface area contributed by atoms with Crippen LogP contribution in [-0.4, -0.2) is 15.6 Å². The predicted octanol–water partition coefficient (Wildman–Crippen LogP) is 3.02. The molecule has 0 saturated heterocycles. The number of hydrogen-bond donors (Lipinski definition) is 1. The number of aromatic nitrogens is 2. The van der Waals surface area contributed by atoms with Gasteiger partial charge in [-0.15, -0.1) is 0 Å². The van der Waals surface area contributed by atoms with Crippen molar-refractivity contribution in [3.63, 3.8) is 0 Å². The molecule has 0 amide bonds. The van der Waals surface area contributed by atoms with E-state index in [-0.39, 0.29) is 0 Å². The Balaban J connectivity index is 2.06. The van der Waals surface area contributed by atoms with E-state index in [1.165, 1.54) is 25.7 Å². The summed E-state index contributed by atoms with van der Waals surface area (Å²) in [6.07, 6.45) is 7.30. The van der Waals surface area contributed by atoms with Gasteiger partial charge in [0.2, 0.25) is 5.95 Å². The Labute approximate surface area is 93.0 Å². The Bertz CT molecular complexity index is 302. The largest absolute Gasteiger partial charge is 0.353 e. The second-order valence-corrected chi connectivity index (χ2v) is 4.61. The van der Waals surface area contributed by atoms with Crippen LogP contribution in [0.15, 0.2) is 10.8 Å². The summed E-state index contributed by atoms with van der Waals surface area (Å²) >= 11 is 3.40. The number of imidazole rings is 1. The molecule has 1 aliphatic rings. The number of hydrogen-bond acceptors (Lipinski definition) is 2. The Hall–Kier alpha value is -0.510. The number of halogens is 1. The van der Waals surface area contributed by atoms with Gasteiger partial charge in [-0.1, -0.05) is 12.8 Å². The Kier molecular flexibility index (Phi) is 3.11. The van der Waals surface area contributed by atoms with Gasteiger partial charge in [0.15, 0.2) is 0 Å². The van der Waals surface area contributed by atoms with E-state index >= 15 is 0 Å². The fraction of sp³-hybridized carbons (Fsp3) is 0.700. The van der Waals surface area contributed by atoms with Gasteiger partial charge in [-0.3, -0.25) is 0 Å². The number of rotatable bonds is 3. The number of aryl methyl sites for hydroxylation is 1. The lowest BCUT2D eigenvalue weighted by atomic mass is 10.2. The maximum Gasteiger partial charge on any atom is 0.204 e. The smallest absolute Gasteiger partial charge is 0.204 e. The molecular formula is C10H16BrN3. The van der Waals surface area contributed by atoms with Gasteiger partial charge < -0.3 is 9.88 Å². The normalized spacial score (nSPS) is 17.6. The second kappa shape index (κ2) is 4.34. The van der Waals surface area contributed by atoms with E-state index < -0.39 is 0 Å². The molecule has 0 spiro atoms. The zero-order valence-corrected chi connectivity index (χ0v) is 10.0. The summed E-state index contributed by atoms with van der Waals surface area (Å²) in [5.41, 5.74) is 0. The summed E-state index contributed by atoms with van der Waals surface area (Å²) in [7, 11) is 0. The van der Waals surface area contributed by atoms with Gasteiger partial charge in [0.1, 0.15) is 4.60 Å². The first-order chi connectivity index (χ1) is 6.79. The number of nitrogens with zero attached hydrogens (tertiary/aromatic N) is 2. The van der Waals surface area contributed by atoms with Crippen molar-refractivity contribution in [3.05, 3.63) is 10.8 Å². The molecule has 0 unspecified atom stereocenters. The minimum Gasteiger partial charge on any atom is -0.353 e. The fourth-order valence-electron chi connectivity index (χ4n) is 1.99. The summed E-state index contributed by atoms with van der Waals surface area (Å²) in [5, 5.41) is 3.50. The molecule has 1 aromatic heterocycles. The van der Waals surface area contributed by atoms with Crippen LogP contribution >= 0.6 is 15.9 Å². The van der Waals surface area contributed by atoms with Crippen molar-refractivity contribution in [1.82, 2.24) is 9.55 Å². The lowest BCUT2D eigenvalue weighted by Gasteiger charge is -2.13. The first-order valence-corrected chi connectivity index (χ1v) is 6.08. The average Bonchev–Trinajstić information content (AvgIpc) is 2.76. The van der Waals surface area contributed by atoms with Gasteiger partial charge >= 0.3 is 0 Å². The van der Waals surface area contributed by atoms with Crippen molar-refractivity contribution in [2.45, 2.75) is 45.2 Å². The summed E-state index contributed by atoms with van der Waals surface area (Å²) in [4.78, 5) is 4.41. The molecule has 4 heteroatoms. The van der Waals surface area contributed by atoms with E-state index in [0.29, 0.717) is 6.04 Å². The molecule has 0 aliphatic heterocycles. The van der Waals surface area contributed by atoms with E-state index in [2.05, 4.69) is 37.7 Å². The highest BCUT2D eigenvalue weighted by molar-refractivity contribution is 9.10. The zero-order valence-electron chi connectivity index (χ0n) is 8.46. The quantitative estimate of drug-likeness (QED) is 0.903. The van der Waals surface area contributed by atoms with Crippen LogP contribution in [0.3, 0.4) is 0 Å². The molecular weight excluding hydrogens is 242 g/mol. The van der Waals surface area contributed by atoms with Gasteiger partial charge in [-0.25, -0.2) is 4.98 Å². The summed E-state index contributed by atoms with van der Waals surface area (Å²) in [5.74, 6) is 1.01. The monoisotopic (exact) mass is 257 g/mol. The van der Waals surface area contributed by atoms with Crippen LogP contribution in [0.4, 0.5) is 5.95 Å². The highest BCUT2D eigenvalue weighted by Crippen LogP contribution is 2.23. The second-order valence-electron chi connectivity index (χ2n) is 3.80. The minimum atomic E-state index is 0.634. The van der Waals surface area contributed by atoms with Gasteiger partial charge in [-0.05, 0) is 35.7 Å². The van der Waals surface area contributed by atoms with Crippen molar-refractivity contribution in [2.24, 2.45) is 0 Å². The van der Waals surface area contributed by atoms with Gasteiger partial charge in [0.05, 0.1) is 0 Å². The highest BCUT2D eigenvalue weighted by Gasteiger charge is 2.16. The Morgan fingerprint density at radius 3 is 2.93 bits per heavy atom. The van der Waals surface area contributed by atoms with Crippen LogP contribution in [0.5, 0.6) is 0 Å². The molecule has 78 valence electrons. The molecule has 0 atom stereocenters. The van der Waals surface area contributed by atoms with E-state index in [1.807, 2.05) is 6.20 Å².